The van der Waals surface area contributed by atoms with Crippen molar-refractivity contribution < 1.29 is 4.79 Å². The molecule has 1 aromatic heterocycles. The number of benzene rings is 1. The Hall–Kier alpha value is -2.27. The Bertz CT molecular complexity index is 728. The smallest absolute Gasteiger partial charge is 0.263 e. The molecule has 6 heteroatoms. The molecule has 0 fully saturated rings. The van der Waals surface area contributed by atoms with E-state index >= 15 is 0 Å². The highest BCUT2D eigenvalue weighted by molar-refractivity contribution is 6.30. The second kappa shape index (κ2) is 4.13. The van der Waals surface area contributed by atoms with E-state index < -0.39 is 5.91 Å². The lowest BCUT2D eigenvalue weighted by atomic mass is 10.1. The van der Waals surface area contributed by atoms with Crippen molar-refractivity contribution in [3.8, 4) is 5.69 Å². The van der Waals surface area contributed by atoms with Crippen LogP contribution in [0.4, 0.5) is 0 Å². The first-order valence-corrected chi connectivity index (χ1v) is 5.96. The third kappa shape index (κ3) is 1.79. The van der Waals surface area contributed by atoms with Crippen LogP contribution in [0, 0.1) is 6.92 Å². The van der Waals surface area contributed by atoms with Gasteiger partial charge in [-0.15, -0.1) is 10.2 Å². The average Bonchev–Trinajstić information content (AvgIpc) is 2.74. The predicted octanol–water partition coefficient (Wildman–Crippen LogP) is 3.41. The number of aromatic nitrogens is 2. The topological polar surface area (TPSA) is 59.6 Å². The van der Waals surface area contributed by atoms with Crippen molar-refractivity contribution in [1.82, 2.24) is 9.78 Å². The Morgan fingerprint density at radius 2 is 1.89 bits per heavy atom. The third-order valence-electron chi connectivity index (χ3n) is 2.94. The number of carbonyl (C=O) groups is 1. The maximum absolute atomic E-state index is 11.7. The van der Waals surface area contributed by atoms with Gasteiger partial charge in [0.2, 0.25) is 0 Å². The second-order valence-corrected chi connectivity index (χ2v) is 4.59. The van der Waals surface area contributed by atoms with E-state index in [0.717, 1.165) is 11.4 Å². The maximum Gasteiger partial charge on any atom is 0.316 e. The third-order valence-corrected chi connectivity index (χ3v) is 3.19. The number of halogens is 1. The normalized spacial score (nSPS) is 13.8. The van der Waals surface area contributed by atoms with Gasteiger partial charge in [0.25, 0.3) is 0 Å². The maximum atomic E-state index is 11.7. The molecule has 0 atom stereocenters. The summed E-state index contributed by atoms with van der Waals surface area (Å²) in [5, 5.41) is 12.2. The Kier molecular flexibility index (Phi) is 2.57. The van der Waals surface area contributed by atoms with Gasteiger partial charge in [-0.3, -0.25) is 4.79 Å². The van der Waals surface area contributed by atoms with Crippen LogP contribution in [0.5, 0.6) is 0 Å². The van der Waals surface area contributed by atoms with Crippen LogP contribution in [-0.2, 0) is 0 Å². The van der Waals surface area contributed by atoms with Crippen molar-refractivity contribution in [3.05, 3.63) is 52.8 Å². The lowest BCUT2D eigenvalue weighted by molar-refractivity contribution is 0.0987. The van der Waals surface area contributed by atoms with E-state index in [2.05, 4.69) is 21.9 Å². The molecular formula is C13H9ClN4O. The van der Waals surface area contributed by atoms with E-state index in [1.54, 1.807) is 16.8 Å². The summed E-state index contributed by atoms with van der Waals surface area (Å²) in [6.07, 6.45) is 0. The number of nitrogens with zero attached hydrogens (tertiary/aromatic N) is 4. The van der Waals surface area contributed by atoms with Crippen LogP contribution >= 0.6 is 11.6 Å². The van der Waals surface area contributed by atoms with Crippen LogP contribution in [0.1, 0.15) is 21.7 Å². The van der Waals surface area contributed by atoms with Crippen LogP contribution < -0.4 is 0 Å². The van der Waals surface area contributed by atoms with Gasteiger partial charge in [-0.1, -0.05) is 18.2 Å². The minimum Gasteiger partial charge on any atom is -0.263 e. The van der Waals surface area contributed by atoms with Gasteiger partial charge in [0.05, 0.1) is 22.6 Å². The Labute approximate surface area is 114 Å². The van der Waals surface area contributed by atoms with Crippen molar-refractivity contribution in [2.75, 3.05) is 0 Å². The molecule has 5 nitrogen and oxygen atoms in total. The first-order chi connectivity index (χ1) is 9.08. The molecule has 0 unspecified atom stereocenters. The van der Waals surface area contributed by atoms with Crippen molar-refractivity contribution in [2.45, 2.75) is 6.92 Å². The predicted molar refractivity (Wildman–Crippen MR) is 71.5 cm³/mol. The molecule has 1 aliphatic heterocycles. The fourth-order valence-electron chi connectivity index (χ4n) is 2.03. The quantitative estimate of drug-likeness (QED) is 0.799. The fraction of sp³-hybridized carbons (Fsp3) is 0.0769. The summed E-state index contributed by atoms with van der Waals surface area (Å²) in [5.74, 6) is -0.446. The van der Waals surface area contributed by atoms with E-state index in [-0.39, 0.29) is 5.69 Å². The van der Waals surface area contributed by atoms with Crippen molar-refractivity contribution in [3.63, 3.8) is 0 Å². The van der Waals surface area contributed by atoms with Gasteiger partial charge in [0.15, 0.2) is 5.69 Å². The molecule has 1 aromatic carbocycles. The number of rotatable bonds is 1. The lowest BCUT2D eigenvalue weighted by Gasteiger charge is -2.05. The van der Waals surface area contributed by atoms with Crippen LogP contribution in [0.3, 0.4) is 0 Å². The summed E-state index contributed by atoms with van der Waals surface area (Å²) >= 11 is 5.86. The number of fused-ring (bicyclic) bond motifs is 1. The zero-order valence-corrected chi connectivity index (χ0v) is 10.8. The van der Waals surface area contributed by atoms with Gasteiger partial charge in [0.1, 0.15) is 0 Å². The second-order valence-electron chi connectivity index (χ2n) is 4.15. The number of amides is 1. The molecule has 19 heavy (non-hydrogen) atoms. The Morgan fingerprint density at radius 1 is 1.21 bits per heavy atom. The highest BCUT2D eigenvalue weighted by Gasteiger charge is 2.26. The largest absolute Gasteiger partial charge is 0.316 e. The first kappa shape index (κ1) is 11.8. The van der Waals surface area contributed by atoms with Crippen molar-refractivity contribution in [1.29, 1.82) is 0 Å². The van der Waals surface area contributed by atoms with Crippen molar-refractivity contribution >= 4 is 23.2 Å². The molecule has 0 N–H and O–H groups in total. The number of azo groups is 1. The summed E-state index contributed by atoms with van der Waals surface area (Å²) in [4.78, 5) is 11.7. The molecule has 1 aliphatic rings. The number of carbonyl (C=O) groups excluding carboxylic acids is 1. The molecule has 0 saturated carbocycles. The summed E-state index contributed by atoms with van der Waals surface area (Å²) in [5.41, 5.74) is 3.00. The van der Waals surface area contributed by atoms with Gasteiger partial charge in [-0.25, -0.2) is 4.68 Å². The molecule has 2 aromatic rings. The highest BCUT2D eigenvalue weighted by Crippen LogP contribution is 2.29. The summed E-state index contributed by atoms with van der Waals surface area (Å²) in [6.45, 7) is 5.65. The first-order valence-electron chi connectivity index (χ1n) is 5.59. The minimum absolute atomic E-state index is 0.285. The molecule has 3 rings (SSSR count). The molecule has 2 heterocycles. The zero-order valence-electron chi connectivity index (χ0n) is 10.1. The van der Waals surface area contributed by atoms with Crippen molar-refractivity contribution in [2.24, 2.45) is 10.2 Å². The van der Waals surface area contributed by atoms with E-state index in [1.165, 1.54) is 0 Å². The summed E-state index contributed by atoms with van der Waals surface area (Å²) in [7, 11) is 0. The van der Waals surface area contributed by atoms with E-state index in [9.17, 15) is 4.79 Å². The van der Waals surface area contributed by atoms with Crippen LogP contribution in [0.25, 0.3) is 11.4 Å². The molecular weight excluding hydrogens is 264 g/mol. The van der Waals surface area contributed by atoms with Gasteiger partial charge >= 0.3 is 5.91 Å². The SMILES string of the molecule is C=C1N=NC(=O)c2nn(-c3ccc(Cl)cc3)c(C)c21. The van der Waals surface area contributed by atoms with E-state index in [1.807, 2.05) is 19.1 Å². The van der Waals surface area contributed by atoms with E-state index in [4.69, 9.17) is 11.6 Å². The Balaban J connectivity index is 2.20. The molecule has 0 bridgehead atoms. The molecule has 0 spiro atoms. The molecule has 1 amide bonds. The van der Waals surface area contributed by atoms with Gasteiger partial charge in [0, 0.05) is 5.02 Å². The minimum atomic E-state index is -0.446. The van der Waals surface area contributed by atoms with Crippen LogP contribution in [0.2, 0.25) is 5.02 Å². The molecule has 0 aliphatic carbocycles. The fourth-order valence-corrected chi connectivity index (χ4v) is 2.16. The van der Waals surface area contributed by atoms with Gasteiger partial charge < -0.3 is 0 Å². The zero-order chi connectivity index (χ0) is 13.6. The summed E-state index contributed by atoms with van der Waals surface area (Å²) < 4.78 is 1.67. The standard InChI is InChI=1S/C13H9ClN4O/c1-7-11-8(2)18(10-5-3-9(14)4-6-10)17-12(11)13(19)16-15-7/h3-6H,1H2,2H3. The highest BCUT2D eigenvalue weighted by atomic mass is 35.5. The molecule has 0 radical (unpaired) electrons. The number of hydrogen-bond acceptors (Lipinski definition) is 3. The van der Waals surface area contributed by atoms with Crippen LogP contribution in [0.15, 0.2) is 41.1 Å². The monoisotopic (exact) mass is 272 g/mol. The average molecular weight is 273 g/mol. The lowest BCUT2D eigenvalue weighted by Crippen LogP contribution is -2.03. The van der Waals surface area contributed by atoms with Gasteiger partial charge in [-0.2, -0.15) is 5.10 Å². The van der Waals surface area contributed by atoms with Gasteiger partial charge in [-0.05, 0) is 31.2 Å². The number of hydrogen-bond donors (Lipinski definition) is 0. The van der Waals surface area contributed by atoms with Crippen LogP contribution in [-0.4, -0.2) is 15.7 Å². The molecule has 94 valence electrons. The Morgan fingerprint density at radius 3 is 2.53 bits per heavy atom. The molecule has 0 saturated heterocycles. The van der Waals surface area contributed by atoms with E-state index in [0.29, 0.717) is 16.3 Å². The summed E-state index contributed by atoms with van der Waals surface area (Å²) in [6, 6.07) is 7.19.